The van der Waals surface area contributed by atoms with E-state index in [4.69, 9.17) is 0 Å². The van der Waals surface area contributed by atoms with Crippen LogP contribution < -0.4 is 5.32 Å². The predicted molar refractivity (Wildman–Crippen MR) is 89.7 cm³/mol. The fourth-order valence-corrected chi connectivity index (χ4v) is 4.60. The Morgan fingerprint density at radius 1 is 1.14 bits per heavy atom. The third kappa shape index (κ3) is 3.02. The number of benzene rings is 1. The van der Waals surface area contributed by atoms with Gasteiger partial charge in [0.2, 0.25) is 0 Å². The van der Waals surface area contributed by atoms with Crippen molar-refractivity contribution in [2.24, 2.45) is 0 Å². The molecule has 1 saturated carbocycles. The quantitative estimate of drug-likeness (QED) is 0.909. The van der Waals surface area contributed by atoms with E-state index in [1.54, 1.807) is 0 Å². The Hall–Kier alpha value is -0.860. The first-order chi connectivity index (χ1) is 10.1. The molecule has 1 aromatic carbocycles. The summed E-state index contributed by atoms with van der Waals surface area (Å²) in [6.07, 6.45) is 6.62. The van der Waals surface area contributed by atoms with Crippen LogP contribution >= 0.6 is 0 Å². The summed E-state index contributed by atoms with van der Waals surface area (Å²) >= 11 is 0. The normalized spacial score (nSPS) is 33.2. The summed E-state index contributed by atoms with van der Waals surface area (Å²) in [5.41, 5.74) is 1.91. The summed E-state index contributed by atoms with van der Waals surface area (Å²) in [6.45, 7) is 6.13. The van der Waals surface area contributed by atoms with Crippen LogP contribution in [0.2, 0.25) is 0 Å². The molecule has 0 bridgehead atoms. The Balaban J connectivity index is 1.79. The molecule has 0 amide bonds. The summed E-state index contributed by atoms with van der Waals surface area (Å²) in [7, 11) is 2.14. The Morgan fingerprint density at radius 3 is 2.52 bits per heavy atom. The molecule has 2 nitrogen and oxygen atoms in total. The van der Waals surface area contributed by atoms with E-state index in [1.165, 1.54) is 44.2 Å². The Labute approximate surface area is 129 Å². The van der Waals surface area contributed by atoms with Crippen LogP contribution in [0.4, 0.5) is 0 Å². The van der Waals surface area contributed by atoms with Gasteiger partial charge in [0.25, 0.3) is 0 Å². The average molecular weight is 286 g/mol. The standard InChI is InChI=1S/C19H30N2/c1-19(2)12-7-13-21(19)18-14-16(10-11-17(18)20-3)15-8-5-4-6-9-15/h4-6,8-9,16-18,20H,7,10-14H2,1-3H3. The highest BCUT2D eigenvalue weighted by atomic mass is 15.3. The maximum atomic E-state index is 3.60. The van der Waals surface area contributed by atoms with E-state index < -0.39 is 0 Å². The minimum Gasteiger partial charge on any atom is -0.315 e. The fraction of sp³-hybridized carbons (Fsp3) is 0.684. The first kappa shape index (κ1) is 15.1. The van der Waals surface area contributed by atoms with Gasteiger partial charge in [-0.1, -0.05) is 30.3 Å². The molecule has 0 radical (unpaired) electrons. The molecular formula is C19H30N2. The lowest BCUT2D eigenvalue weighted by molar-refractivity contribution is 0.0620. The number of hydrogen-bond acceptors (Lipinski definition) is 2. The molecule has 116 valence electrons. The van der Waals surface area contributed by atoms with Crippen LogP contribution in [-0.2, 0) is 0 Å². The van der Waals surface area contributed by atoms with Crippen molar-refractivity contribution in [1.29, 1.82) is 0 Å². The van der Waals surface area contributed by atoms with Crippen molar-refractivity contribution >= 4 is 0 Å². The van der Waals surface area contributed by atoms with E-state index in [0.717, 1.165) is 5.92 Å². The van der Waals surface area contributed by atoms with Gasteiger partial charge in [-0.3, -0.25) is 4.90 Å². The molecule has 1 aromatic rings. The Morgan fingerprint density at radius 2 is 1.90 bits per heavy atom. The van der Waals surface area contributed by atoms with Crippen LogP contribution in [0.3, 0.4) is 0 Å². The highest BCUT2D eigenvalue weighted by Gasteiger charge is 2.42. The maximum absolute atomic E-state index is 3.60. The van der Waals surface area contributed by atoms with E-state index in [2.05, 4.69) is 61.4 Å². The second-order valence-electron chi connectivity index (χ2n) is 7.49. The monoisotopic (exact) mass is 286 g/mol. The summed E-state index contributed by atoms with van der Waals surface area (Å²) < 4.78 is 0. The molecule has 1 N–H and O–H groups in total. The van der Waals surface area contributed by atoms with Crippen LogP contribution in [0.25, 0.3) is 0 Å². The molecule has 1 aliphatic heterocycles. The first-order valence-electron chi connectivity index (χ1n) is 8.61. The van der Waals surface area contributed by atoms with Gasteiger partial charge in [0, 0.05) is 17.6 Å². The average Bonchev–Trinajstić information content (AvgIpc) is 2.87. The molecule has 3 rings (SSSR count). The largest absolute Gasteiger partial charge is 0.315 e. The van der Waals surface area contributed by atoms with Crippen molar-refractivity contribution in [1.82, 2.24) is 10.2 Å². The number of nitrogens with one attached hydrogen (secondary N) is 1. The number of nitrogens with zero attached hydrogens (tertiary/aromatic N) is 1. The van der Waals surface area contributed by atoms with Gasteiger partial charge in [-0.25, -0.2) is 0 Å². The van der Waals surface area contributed by atoms with E-state index >= 15 is 0 Å². The highest BCUT2D eigenvalue weighted by Crippen LogP contribution is 2.40. The number of likely N-dealkylation sites (N-methyl/N-ethyl adjacent to an activating group) is 1. The second kappa shape index (κ2) is 6.10. The molecule has 1 saturated heterocycles. The van der Waals surface area contributed by atoms with E-state index in [-0.39, 0.29) is 0 Å². The van der Waals surface area contributed by atoms with Crippen molar-refractivity contribution in [3.8, 4) is 0 Å². The van der Waals surface area contributed by atoms with Gasteiger partial charge in [0.1, 0.15) is 0 Å². The minimum atomic E-state index is 0.373. The van der Waals surface area contributed by atoms with Gasteiger partial charge in [0.05, 0.1) is 0 Å². The minimum absolute atomic E-state index is 0.373. The molecule has 1 aliphatic carbocycles. The van der Waals surface area contributed by atoms with Gasteiger partial charge in [-0.05, 0) is 71.0 Å². The number of rotatable bonds is 3. The zero-order valence-corrected chi connectivity index (χ0v) is 13.8. The molecular weight excluding hydrogens is 256 g/mol. The van der Waals surface area contributed by atoms with Crippen LogP contribution in [0.1, 0.15) is 57.4 Å². The lowest BCUT2D eigenvalue weighted by Crippen LogP contribution is -2.56. The van der Waals surface area contributed by atoms with Gasteiger partial charge < -0.3 is 5.32 Å². The van der Waals surface area contributed by atoms with Crippen LogP contribution in [0.15, 0.2) is 30.3 Å². The third-order valence-corrected chi connectivity index (χ3v) is 5.82. The smallest absolute Gasteiger partial charge is 0.0260 e. The number of likely N-dealkylation sites (tertiary alicyclic amines) is 1. The maximum Gasteiger partial charge on any atom is 0.0260 e. The van der Waals surface area contributed by atoms with Crippen molar-refractivity contribution in [2.45, 2.75) is 69.5 Å². The van der Waals surface area contributed by atoms with Crippen LogP contribution in [0.5, 0.6) is 0 Å². The third-order valence-electron chi connectivity index (χ3n) is 5.82. The second-order valence-corrected chi connectivity index (χ2v) is 7.49. The molecule has 0 aromatic heterocycles. The Kier molecular flexibility index (Phi) is 4.37. The van der Waals surface area contributed by atoms with Gasteiger partial charge in [-0.2, -0.15) is 0 Å². The lowest BCUT2D eigenvalue weighted by Gasteiger charge is -2.46. The molecule has 2 fully saturated rings. The van der Waals surface area contributed by atoms with Crippen LogP contribution in [-0.4, -0.2) is 36.1 Å². The lowest BCUT2D eigenvalue weighted by atomic mass is 9.77. The zero-order valence-electron chi connectivity index (χ0n) is 13.8. The molecule has 3 unspecified atom stereocenters. The van der Waals surface area contributed by atoms with Crippen molar-refractivity contribution in [3.05, 3.63) is 35.9 Å². The Bertz CT molecular complexity index is 454. The summed E-state index contributed by atoms with van der Waals surface area (Å²) in [5, 5.41) is 3.60. The molecule has 1 heterocycles. The fourth-order valence-electron chi connectivity index (χ4n) is 4.60. The number of hydrogen-bond donors (Lipinski definition) is 1. The molecule has 21 heavy (non-hydrogen) atoms. The molecule has 0 spiro atoms. The van der Waals surface area contributed by atoms with Gasteiger partial charge in [0.15, 0.2) is 0 Å². The molecule has 3 atom stereocenters. The van der Waals surface area contributed by atoms with E-state index in [1.807, 2.05) is 0 Å². The summed E-state index contributed by atoms with van der Waals surface area (Å²) in [6, 6.07) is 12.5. The summed E-state index contributed by atoms with van der Waals surface area (Å²) in [5.74, 6) is 0.734. The van der Waals surface area contributed by atoms with Crippen molar-refractivity contribution < 1.29 is 0 Å². The van der Waals surface area contributed by atoms with Crippen molar-refractivity contribution in [3.63, 3.8) is 0 Å². The first-order valence-corrected chi connectivity index (χ1v) is 8.61. The zero-order chi connectivity index (χ0) is 14.9. The highest BCUT2D eigenvalue weighted by molar-refractivity contribution is 5.21. The van der Waals surface area contributed by atoms with Gasteiger partial charge in [-0.15, -0.1) is 0 Å². The summed E-state index contributed by atoms with van der Waals surface area (Å²) in [4.78, 5) is 2.79. The van der Waals surface area contributed by atoms with E-state index in [9.17, 15) is 0 Å². The van der Waals surface area contributed by atoms with E-state index in [0.29, 0.717) is 17.6 Å². The molecule has 2 aliphatic rings. The van der Waals surface area contributed by atoms with Crippen LogP contribution in [0, 0.1) is 0 Å². The molecule has 2 heteroatoms. The SMILES string of the molecule is CNC1CCC(c2ccccc2)CC1N1CCCC1(C)C. The predicted octanol–water partition coefficient (Wildman–Crippen LogP) is 3.79. The topological polar surface area (TPSA) is 15.3 Å². The van der Waals surface area contributed by atoms with Crippen molar-refractivity contribution in [2.75, 3.05) is 13.6 Å². The van der Waals surface area contributed by atoms with Gasteiger partial charge >= 0.3 is 0 Å².